The first-order valence-corrected chi connectivity index (χ1v) is 6.82. The molecule has 0 fully saturated rings. The lowest BCUT2D eigenvalue weighted by atomic mass is 10.2. The van der Waals surface area contributed by atoms with Crippen molar-refractivity contribution in [1.82, 2.24) is 9.78 Å². The van der Waals surface area contributed by atoms with Crippen molar-refractivity contribution in [2.75, 3.05) is 12.0 Å². The lowest BCUT2D eigenvalue weighted by Gasteiger charge is -2.03. The molecule has 1 rings (SSSR count). The van der Waals surface area contributed by atoms with Gasteiger partial charge in [0.2, 0.25) is 0 Å². The highest BCUT2D eigenvalue weighted by atomic mass is 32.2. The molecule has 5 nitrogen and oxygen atoms in total. The Hall–Kier alpha value is -0.880. The Labute approximate surface area is 90.2 Å². The zero-order valence-electron chi connectivity index (χ0n) is 9.32. The van der Waals surface area contributed by atoms with E-state index in [-0.39, 0.29) is 5.75 Å². The third kappa shape index (κ3) is 3.04. The normalized spacial score (nSPS) is 12.0. The van der Waals surface area contributed by atoms with Crippen LogP contribution in [0.4, 0.5) is 0 Å². The second-order valence-electron chi connectivity index (χ2n) is 3.71. The quantitative estimate of drug-likeness (QED) is 0.791. The lowest BCUT2D eigenvalue weighted by Crippen LogP contribution is -2.13. The fraction of sp³-hybridized carbons (Fsp3) is 0.667. The Bertz CT molecular complexity index is 448. The van der Waals surface area contributed by atoms with Crippen molar-refractivity contribution >= 4 is 9.84 Å². The van der Waals surface area contributed by atoms with E-state index >= 15 is 0 Å². The topological polar surface area (TPSA) is 78.0 Å². The minimum absolute atomic E-state index is 0.110. The van der Waals surface area contributed by atoms with Crippen LogP contribution >= 0.6 is 0 Å². The van der Waals surface area contributed by atoms with Crippen molar-refractivity contribution in [2.24, 2.45) is 5.73 Å². The van der Waals surface area contributed by atoms with Gasteiger partial charge in [0, 0.05) is 24.1 Å². The van der Waals surface area contributed by atoms with E-state index < -0.39 is 9.84 Å². The molecule has 1 aromatic rings. The van der Waals surface area contributed by atoms with Crippen LogP contribution in [0.5, 0.6) is 0 Å². The van der Waals surface area contributed by atoms with Crippen LogP contribution in [-0.2, 0) is 22.9 Å². The molecule has 0 unspecified atom stereocenters. The minimum atomic E-state index is -2.94. The fourth-order valence-corrected chi connectivity index (χ4v) is 2.00. The molecule has 0 aliphatic rings. The van der Waals surface area contributed by atoms with Gasteiger partial charge < -0.3 is 5.73 Å². The van der Waals surface area contributed by atoms with E-state index in [4.69, 9.17) is 5.73 Å². The van der Waals surface area contributed by atoms with Crippen LogP contribution in [0.3, 0.4) is 0 Å². The van der Waals surface area contributed by atoms with Crippen LogP contribution in [0.1, 0.15) is 17.0 Å². The number of aryl methyl sites for hydroxylation is 2. The first kappa shape index (κ1) is 12.2. The monoisotopic (exact) mass is 231 g/mol. The lowest BCUT2D eigenvalue weighted by molar-refractivity contribution is 0.581. The molecular formula is C9H17N3O2S. The van der Waals surface area contributed by atoms with Crippen molar-refractivity contribution in [1.29, 1.82) is 0 Å². The number of sulfone groups is 1. The molecule has 1 aromatic heterocycles. The molecule has 0 spiro atoms. The molecule has 0 aliphatic carbocycles. The first-order chi connectivity index (χ1) is 6.85. The number of hydrogen-bond donors (Lipinski definition) is 1. The second-order valence-corrected chi connectivity index (χ2v) is 5.97. The predicted octanol–water partition coefficient (Wildman–Crippen LogP) is 0.00324. The molecule has 0 bridgehead atoms. The maximum atomic E-state index is 11.0. The Morgan fingerprint density at radius 3 is 2.40 bits per heavy atom. The van der Waals surface area contributed by atoms with Gasteiger partial charge in [0.15, 0.2) is 0 Å². The van der Waals surface area contributed by atoms with Crippen molar-refractivity contribution in [3.8, 4) is 0 Å². The van der Waals surface area contributed by atoms with Gasteiger partial charge in [0.25, 0.3) is 0 Å². The van der Waals surface area contributed by atoms with Crippen LogP contribution in [0.2, 0.25) is 0 Å². The van der Waals surface area contributed by atoms with Crippen molar-refractivity contribution in [3.05, 3.63) is 17.0 Å². The summed E-state index contributed by atoms with van der Waals surface area (Å²) in [5.74, 6) is 0.110. The van der Waals surface area contributed by atoms with Gasteiger partial charge in [-0.2, -0.15) is 5.10 Å². The van der Waals surface area contributed by atoms with E-state index in [1.165, 1.54) is 6.26 Å². The largest absolute Gasteiger partial charge is 0.326 e. The summed E-state index contributed by atoms with van der Waals surface area (Å²) in [6, 6.07) is 0. The van der Waals surface area contributed by atoms with Crippen molar-refractivity contribution in [3.63, 3.8) is 0 Å². The van der Waals surface area contributed by atoms with Crippen molar-refractivity contribution < 1.29 is 8.42 Å². The van der Waals surface area contributed by atoms with Gasteiger partial charge in [0.1, 0.15) is 9.84 Å². The summed E-state index contributed by atoms with van der Waals surface area (Å²) >= 11 is 0. The van der Waals surface area contributed by atoms with Gasteiger partial charge in [-0.05, 0) is 13.8 Å². The summed E-state index contributed by atoms with van der Waals surface area (Å²) < 4.78 is 23.7. The number of aromatic nitrogens is 2. The summed E-state index contributed by atoms with van der Waals surface area (Å²) in [5, 5.41) is 4.26. The molecule has 0 amide bonds. The van der Waals surface area contributed by atoms with Gasteiger partial charge >= 0.3 is 0 Å². The average molecular weight is 231 g/mol. The van der Waals surface area contributed by atoms with Crippen molar-refractivity contribution in [2.45, 2.75) is 26.9 Å². The number of nitrogens with two attached hydrogens (primary N) is 1. The summed E-state index contributed by atoms with van der Waals surface area (Å²) in [4.78, 5) is 0. The zero-order valence-corrected chi connectivity index (χ0v) is 10.1. The Morgan fingerprint density at radius 1 is 1.40 bits per heavy atom. The molecule has 2 N–H and O–H groups in total. The Morgan fingerprint density at radius 2 is 2.00 bits per heavy atom. The van der Waals surface area contributed by atoms with Crippen LogP contribution < -0.4 is 5.73 Å². The molecule has 1 heterocycles. The predicted molar refractivity (Wildman–Crippen MR) is 59.3 cm³/mol. The van der Waals surface area contributed by atoms with E-state index in [9.17, 15) is 8.42 Å². The maximum absolute atomic E-state index is 11.0. The number of hydrogen-bond acceptors (Lipinski definition) is 4. The molecule has 0 saturated carbocycles. The molecular weight excluding hydrogens is 214 g/mol. The Balaban J connectivity index is 2.88. The molecule has 0 radical (unpaired) electrons. The van der Waals surface area contributed by atoms with Gasteiger partial charge in [-0.1, -0.05) is 0 Å². The smallest absolute Gasteiger partial charge is 0.149 e. The van der Waals surface area contributed by atoms with E-state index in [1.54, 1.807) is 4.68 Å². The summed E-state index contributed by atoms with van der Waals surface area (Å²) in [6.45, 7) is 4.62. The molecule has 0 aromatic carbocycles. The molecule has 86 valence electrons. The van der Waals surface area contributed by atoms with E-state index in [0.29, 0.717) is 13.1 Å². The molecule has 6 heteroatoms. The molecule has 15 heavy (non-hydrogen) atoms. The van der Waals surface area contributed by atoms with Crippen LogP contribution in [-0.4, -0.2) is 30.2 Å². The SMILES string of the molecule is Cc1nn(CCS(C)(=O)=O)c(C)c1CN. The van der Waals surface area contributed by atoms with Crippen LogP contribution in [0, 0.1) is 13.8 Å². The minimum Gasteiger partial charge on any atom is -0.326 e. The van der Waals surface area contributed by atoms with Gasteiger partial charge in [-0.25, -0.2) is 8.42 Å². The third-order valence-corrected chi connectivity index (χ3v) is 3.33. The number of rotatable bonds is 4. The summed E-state index contributed by atoms with van der Waals surface area (Å²) in [5.41, 5.74) is 8.41. The highest BCUT2D eigenvalue weighted by Crippen LogP contribution is 2.11. The van der Waals surface area contributed by atoms with E-state index in [0.717, 1.165) is 17.0 Å². The molecule has 0 saturated heterocycles. The fourth-order valence-electron chi connectivity index (χ4n) is 1.50. The molecule has 0 atom stereocenters. The third-order valence-electron chi connectivity index (χ3n) is 2.41. The maximum Gasteiger partial charge on any atom is 0.149 e. The van der Waals surface area contributed by atoms with Crippen LogP contribution in [0.15, 0.2) is 0 Å². The highest BCUT2D eigenvalue weighted by Gasteiger charge is 2.11. The summed E-state index contributed by atoms with van der Waals surface area (Å²) in [6.07, 6.45) is 1.22. The average Bonchev–Trinajstić information content (AvgIpc) is 2.37. The zero-order chi connectivity index (χ0) is 11.6. The van der Waals surface area contributed by atoms with Gasteiger partial charge in [-0.15, -0.1) is 0 Å². The van der Waals surface area contributed by atoms with E-state index in [2.05, 4.69) is 5.10 Å². The Kier molecular flexibility index (Phi) is 3.51. The summed E-state index contributed by atoms with van der Waals surface area (Å²) in [7, 11) is -2.94. The first-order valence-electron chi connectivity index (χ1n) is 4.76. The second kappa shape index (κ2) is 4.32. The van der Waals surface area contributed by atoms with Gasteiger partial charge in [-0.3, -0.25) is 4.68 Å². The highest BCUT2D eigenvalue weighted by molar-refractivity contribution is 7.90. The number of nitrogens with zero attached hydrogens (tertiary/aromatic N) is 2. The van der Waals surface area contributed by atoms with Gasteiger partial charge in [0.05, 0.1) is 18.0 Å². The molecule has 0 aliphatic heterocycles. The van der Waals surface area contributed by atoms with E-state index in [1.807, 2.05) is 13.8 Å². The standard InChI is InChI=1S/C9H17N3O2S/c1-7-9(6-10)8(2)12(11-7)4-5-15(3,13)14/h4-6,10H2,1-3H3. The van der Waals surface area contributed by atoms with Crippen LogP contribution in [0.25, 0.3) is 0 Å².